The number of nitrogens with zero attached hydrogens (tertiary/aromatic N) is 2. The maximum absolute atomic E-state index is 13.5. The average Bonchev–Trinajstić information content (AvgIpc) is 3.28. The minimum Gasteiger partial charge on any atom is -0.493 e. The molecule has 3 aliphatic rings. The van der Waals surface area contributed by atoms with Crippen molar-refractivity contribution in [2.24, 2.45) is 5.92 Å². The standard InChI is InChI=1S/C23H29N3O7/c1-11(2)18(23(30)31)24-20(27)15-8-12-9-16(32-3)17(33-4)10-13(12)19-22(29)25-7-5-6-14(25)21(28)26(15)19/h9-11,14-15,18-19H,5-8H2,1-4H3,(H,24,27)(H,30,31)/t14-,15+,18+,19+/m1/s1. The van der Waals surface area contributed by atoms with E-state index in [1.807, 2.05) is 0 Å². The molecule has 0 aliphatic carbocycles. The second kappa shape index (κ2) is 8.57. The lowest BCUT2D eigenvalue weighted by atomic mass is 9.84. The molecule has 1 aromatic carbocycles. The first-order chi connectivity index (χ1) is 15.7. The van der Waals surface area contributed by atoms with Gasteiger partial charge in [-0.25, -0.2) is 4.79 Å². The van der Waals surface area contributed by atoms with E-state index in [1.54, 1.807) is 30.9 Å². The molecule has 2 saturated heterocycles. The van der Waals surface area contributed by atoms with Crippen LogP contribution in [0.4, 0.5) is 0 Å². The summed E-state index contributed by atoms with van der Waals surface area (Å²) in [6.07, 6.45) is 1.39. The van der Waals surface area contributed by atoms with Crippen molar-refractivity contribution in [1.29, 1.82) is 0 Å². The van der Waals surface area contributed by atoms with Crippen molar-refractivity contribution in [1.82, 2.24) is 15.1 Å². The first-order valence-corrected chi connectivity index (χ1v) is 11.1. The molecule has 0 bridgehead atoms. The number of carboxylic acids is 1. The fraction of sp³-hybridized carbons (Fsp3) is 0.565. The first-order valence-electron chi connectivity index (χ1n) is 11.1. The van der Waals surface area contributed by atoms with Gasteiger partial charge in [-0.2, -0.15) is 0 Å². The number of hydrogen-bond donors (Lipinski definition) is 2. The minimum atomic E-state index is -1.15. The van der Waals surface area contributed by atoms with Gasteiger partial charge in [0, 0.05) is 13.0 Å². The Bertz CT molecular complexity index is 1010. The summed E-state index contributed by atoms with van der Waals surface area (Å²) < 4.78 is 10.8. The minimum absolute atomic E-state index is 0.133. The lowest BCUT2D eigenvalue weighted by Gasteiger charge is -2.48. The number of benzene rings is 1. The van der Waals surface area contributed by atoms with Gasteiger partial charge in [0.15, 0.2) is 11.5 Å². The molecular weight excluding hydrogens is 430 g/mol. The summed E-state index contributed by atoms with van der Waals surface area (Å²) in [5, 5.41) is 12.1. The molecule has 178 valence electrons. The van der Waals surface area contributed by atoms with Crippen LogP contribution >= 0.6 is 0 Å². The van der Waals surface area contributed by atoms with Gasteiger partial charge in [-0.1, -0.05) is 13.8 Å². The molecule has 4 atom stereocenters. The van der Waals surface area contributed by atoms with E-state index in [9.17, 15) is 24.3 Å². The molecule has 2 fully saturated rings. The third-order valence-electron chi connectivity index (χ3n) is 6.81. The van der Waals surface area contributed by atoms with E-state index in [0.717, 1.165) is 0 Å². The van der Waals surface area contributed by atoms with Crippen molar-refractivity contribution >= 4 is 23.7 Å². The summed E-state index contributed by atoms with van der Waals surface area (Å²) >= 11 is 0. The van der Waals surface area contributed by atoms with Crippen molar-refractivity contribution in [2.45, 2.75) is 57.3 Å². The number of carbonyl (C=O) groups is 4. The Morgan fingerprint density at radius 1 is 1.12 bits per heavy atom. The van der Waals surface area contributed by atoms with Gasteiger partial charge in [-0.3, -0.25) is 14.4 Å². The average molecular weight is 459 g/mol. The van der Waals surface area contributed by atoms with E-state index in [-0.39, 0.29) is 24.2 Å². The third kappa shape index (κ3) is 3.67. The molecule has 10 nitrogen and oxygen atoms in total. The lowest BCUT2D eigenvalue weighted by Crippen LogP contribution is -2.66. The number of methoxy groups -OCH3 is 2. The molecule has 0 radical (unpaired) electrons. The van der Waals surface area contributed by atoms with Crippen molar-refractivity contribution in [3.63, 3.8) is 0 Å². The predicted octanol–water partition coefficient (Wildman–Crippen LogP) is 0.728. The topological polar surface area (TPSA) is 125 Å². The van der Waals surface area contributed by atoms with Gasteiger partial charge in [0.25, 0.3) is 5.91 Å². The zero-order chi connectivity index (χ0) is 24.0. The van der Waals surface area contributed by atoms with E-state index in [4.69, 9.17) is 9.47 Å². The molecule has 0 spiro atoms. The number of rotatable bonds is 6. The highest BCUT2D eigenvalue weighted by atomic mass is 16.5. The molecule has 0 saturated carbocycles. The highest BCUT2D eigenvalue weighted by Gasteiger charge is 2.54. The van der Waals surface area contributed by atoms with Crippen LogP contribution in [0.5, 0.6) is 11.5 Å². The van der Waals surface area contributed by atoms with Gasteiger partial charge in [0.05, 0.1) is 14.2 Å². The maximum atomic E-state index is 13.5. The smallest absolute Gasteiger partial charge is 0.326 e. The van der Waals surface area contributed by atoms with Gasteiger partial charge in [-0.15, -0.1) is 0 Å². The van der Waals surface area contributed by atoms with E-state index in [0.29, 0.717) is 42.0 Å². The zero-order valence-electron chi connectivity index (χ0n) is 19.2. The van der Waals surface area contributed by atoms with Crippen molar-refractivity contribution < 1.29 is 33.8 Å². The van der Waals surface area contributed by atoms with Crippen molar-refractivity contribution in [3.8, 4) is 11.5 Å². The van der Waals surface area contributed by atoms with E-state index >= 15 is 0 Å². The fourth-order valence-electron chi connectivity index (χ4n) is 5.14. The quantitative estimate of drug-likeness (QED) is 0.642. The van der Waals surface area contributed by atoms with E-state index in [2.05, 4.69) is 5.32 Å². The van der Waals surface area contributed by atoms with E-state index in [1.165, 1.54) is 19.1 Å². The molecule has 10 heteroatoms. The first kappa shape index (κ1) is 22.9. The molecule has 2 N–H and O–H groups in total. The summed E-state index contributed by atoms with van der Waals surface area (Å²) in [6.45, 7) is 3.88. The molecule has 33 heavy (non-hydrogen) atoms. The second-order valence-electron chi connectivity index (χ2n) is 9.03. The molecule has 3 amide bonds. The number of carboxylic acid groups (broad SMARTS) is 1. The summed E-state index contributed by atoms with van der Waals surface area (Å²) in [5.74, 6) is -1.74. The fourth-order valence-corrected chi connectivity index (χ4v) is 5.14. The molecule has 1 aromatic rings. The van der Waals surface area contributed by atoms with Crippen molar-refractivity contribution in [2.75, 3.05) is 20.8 Å². The van der Waals surface area contributed by atoms with Gasteiger partial charge >= 0.3 is 5.97 Å². The molecule has 3 aliphatic heterocycles. The maximum Gasteiger partial charge on any atom is 0.326 e. The largest absolute Gasteiger partial charge is 0.493 e. The number of amides is 3. The van der Waals surface area contributed by atoms with Gasteiger partial charge < -0.3 is 29.7 Å². The molecule has 4 rings (SSSR count). The van der Waals surface area contributed by atoms with Crippen LogP contribution in [-0.4, -0.2) is 77.5 Å². The Labute approximate surface area is 191 Å². The predicted molar refractivity (Wildman–Crippen MR) is 116 cm³/mol. The van der Waals surface area contributed by atoms with Gasteiger partial charge in [0.1, 0.15) is 24.2 Å². The highest BCUT2D eigenvalue weighted by Crippen LogP contribution is 2.44. The van der Waals surface area contributed by atoms with Gasteiger partial charge in [-0.05, 0) is 42.0 Å². The SMILES string of the molecule is COc1cc2c(cc1OC)[C@H]1C(=O)N3CCC[C@@H]3C(=O)N1[C@H](C(=O)N[C@H](C(=O)O)C(C)C)C2. The molecule has 0 unspecified atom stereocenters. The summed E-state index contributed by atoms with van der Waals surface area (Å²) in [6, 6.07) is -0.284. The normalized spacial score (nSPS) is 24.7. The summed E-state index contributed by atoms with van der Waals surface area (Å²) in [4.78, 5) is 55.1. The van der Waals surface area contributed by atoms with Crippen LogP contribution in [-0.2, 0) is 25.6 Å². The lowest BCUT2D eigenvalue weighted by molar-refractivity contribution is -0.166. The third-order valence-corrected chi connectivity index (χ3v) is 6.81. The van der Waals surface area contributed by atoms with Crippen LogP contribution < -0.4 is 14.8 Å². The van der Waals surface area contributed by atoms with Gasteiger partial charge in [0.2, 0.25) is 11.8 Å². The number of piperazine rings is 1. The molecular formula is C23H29N3O7. The number of hydrogen-bond acceptors (Lipinski definition) is 6. The Morgan fingerprint density at radius 2 is 1.79 bits per heavy atom. The Morgan fingerprint density at radius 3 is 2.39 bits per heavy atom. The van der Waals surface area contributed by atoms with Crippen LogP contribution in [0.3, 0.4) is 0 Å². The van der Waals surface area contributed by atoms with E-state index < -0.39 is 36.0 Å². The van der Waals surface area contributed by atoms with Crippen LogP contribution in [0.2, 0.25) is 0 Å². The molecule has 0 aromatic heterocycles. The zero-order valence-corrected chi connectivity index (χ0v) is 19.2. The number of aliphatic carboxylic acids is 1. The summed E-state index contributed by atoms with van der Waals surface area (Å²) in [7, 11) is 2.98. The number of fused-ring (bicyclic) bond motifs is 4. The Kier molecular flexibility index (Phi) is 5.94. The number of ether oxygens (including phenoxy) is 2. The van der Waals surface area contributed by atoms with Crippen LogP contribution in [0.15, 0.2) is 12.1 Å². The highest BCUT2D eigenvalue weighted by molar-refractivity contribution is 6.02. The monoisotopic (exact) mass is 459 g/mol. The van der Waals surface area contributed by atoms with Crippen LogP contribution in [0.1, 0.15) is 43.9 Å². The summed E-state index contributed by atoms with van der Waals surface area (Å²) in [5.41, 5.74) is 1.28. The second-order valence-corrected chi connectivity index (χ2v) is 9.03. The Balaban J connectivity index is 1.80. The van der Waals surface area contributed by atoms with Crippen LogP contribution in [0.25, 0.3) is 0 Å². The van der Waals surface area contributed by atoms with Crippen molar-refractivity contribution in [3.05, 3.63) is 23.3 Å². The number of nitrogens with one attached hydrogen (secondary N) is 1. The molecule has 3 heterocycles. The Hall–Kier alpha value is -3.30. The number of carbonyl (C=O) groups excluding carboxylic acids is 3. The van der Waals surface area contributed by atoms with Crippen LogP contribution in [0, 0.1) is 5.92 Å².